The van der Waals surface area contributed by atoms with E-state index < -0.39 is 0 Å². The van der Waals surface area contributed by atoms with Gasteiger partial charge in [0.2, 0.25) is 0 Å². The van der Waals surface area contributed by atoms with E-state index in [1.54, 1.807) is 7.11 Å². The number of rotatable bonds is 7. The Balaban J connectivity index is 2.66. The van der Waals surface area contributed by atoms with Crippen LogP contribution in [0.25, 0.3) is 0 Å². The maximum atomic E-state index is 5.70. The maximum absolute atomic E-state index is 5.70. The van der Waals surface area contributed by atoms with Crippen molar-refractivity contribution < 1.29 is 9.15 Å². The van der Waals surface area contributed by atoms with Gasteiger partial charge in [0.15, 0.2) is 0 Å². The molecule has 0 saturated carbocycles. The highest BCUT2D eigenvalue weighted by Gasteiger charge is 2.15. The van der Waals surface area contributed by atoms with Crippen molar-refractivity contribution in [3.05, 3.63) is 23.2 Å². The Morgan fingerprint density at radius 3 is 2.71 bits per heavy atom. The zero-order chi connectivity index (χ0) is 12.8. The van der Waals surface area contributed by atoms with E-state index in [1.807, 2.05) is 6.92 Å². The minimum atomic E-state index is 0.386. The second kappa shape index (κ2) is 6.79. The largest absolute Gasteiger partial charge is 0.465 e. The standard InChI is InChI=1S/C13H24N2O2/c1-5-15(10(2)9-16-4)8-13-6-12(7-14)11(3)17-13/h6,10H,5,7-9,14H2,1-4H3. The van der Waals surface area contributed by atoms with Gasteiger partial charge in [-0.15, -0.1) is 0 Å². The van der Waals surface area contributed by atoms with E-state index in [9.17, 15) is 0 Å². The number of furan rings is 1. The SMILES string of the molecule is CCN(Cc1cc(CN)c(C)o1)C(C)COC. The summed E-state index contributed by atoms with van der Waals surface area (Å²) >= 11 is 0. The van der Waals surface area contributed by atoms with Crippen molar-refractivity contribution in [3.8, 4) is 0 Å². The van der Waals surface area contributed by atoms with E-state index in [-0.39, 0.29) is 0 Å². The summed E-state index contributed by atoms with van der Waals surface area (Å²) in [5, 5.41) is 0. The smallest absolute Gasteiger partial charge is 0.118 e. The van der Waals surface area contributed by atoms with Crippen molar-refractivity contribution in [1.29, 1.82) is 0 Å². The zero-order valence-corrected chi connectivity index (χ0v) is 11.3. The molecule has 1 heterocycles. The molecule has 98 valence electrons. The van der Waals surface area contributed by atoms with Gasteiger partial charge < -0.3 is 14.9 Å². The third-order valence-corrected chi connectivity index (χ3v) is 3.09. The van der Waals surface area contributed by atoms with Crippen molar-refractivity contribution in [1.82, 2.24) is 4.90 Å². The van der Waals surface area contributed by atoms with Gasteiger partial charge >= 0.3 is 0 Å². The van der Waals surface area contributed by atoms with Gasteiger partial charge in [0.25, 0.3) is 0 Å². The molecule has 1 unspecified atom stereocenters. The Bertz CT molecular complexity index is 336. The van der Waals surface area contributed by atoms with Gasteiger partial charge in [0.05, 0.1) is 13.2 Å². The number of aryl methyl sites for hydroxylation is 1. The van der Waals surface area contributed by atoms with Gasteiger partial charge in [0.1, 0.15) is 11.5 Å². The molecule has 0 spiro atoms. The molecule has 0 aromatic carbocycles. The van der Waals surface area contributed by atoms with Crippen molar-refractivity contribution in [2.75, 3.05) is 20.3 Å². The van der Waals surface area contributed by atoms with Gasteiger partial charge in [-0.05, 0) is 26.5 Å². The molecule has 0 aliphatic rings. The van der Waals surface area contributed by atoms with Crippen LogP contribution in [0.3, 0.4) is 0 Å². The van der Waals surface area contributed by atoms with Crippen molar-refractivity contribution in [3.63, 3.8) is 0 Å². The van der Waals surface area contributed by atoms with Gasteiger partial charge in [-0.3, -0.25) is 4.90 Å². The molecule has 0 radical (unpaired) electrons. The predicted molar refractivity (Wildman–Crippen MR) is 68.8 cm³/mol. The number of nitrogens with two attached hydrogens (primary N) is 1. The summed E-state index contributed by atoms with van der Waals surface area (Å²) in [6.07, 6.45) is 0. The predicted octanol–water partition coefficient (Wildman–Crippen LogP) is 1.90. The first-order valence-electron chi connectivity index (χ1n) is 6.13. The number of methoxy groups -OCH3 is 1. The van der Waals surface area contributed by atoms with Crippen LogP contribution in [-0.4, -0.2) is 31.2 Å². The average Bonchev–Trinajstić information content (AvgIpc) is 2.66. The highest BCUT2D eigenvalue weighted by Crippen LogP contribution is 2.16. The number of hydrogen-bond donors (Lipinski definition) is 1. The Labute approximate surface area is 104 Å². The lowest BCUT2D eigenvalue weighted by Gasteiger charge is -2.26. The molecule has 2 N–H and O–H groups in total. The van der Waals surface area contributed by atoms with Crippen LogP contribution in [-0.2, 0) is 17.8 Å². The van der Waals surface area contributed by atoms with Crippen LogP contribution in [0.2, 0.25) is 0 Å². The summed E-state index contributed by atoms with van der Waals surface area (Å²) in [6.45, 7) is 9.31. The number of likely N-dealkylation sites (N-methyl/N-ethyl adjacent to an activating group) is 1. The first-order chi connectivity index (χ1) is 8.12. The highest BCUT2D eigenvalue weighted by atomic mass is 16.5. The normalized spacial score (nSPS) is 13.3. The van der Waals surface area contributed by atoms with Crippen LogP contribution in [0, 0.1) is 6.92 Å². The summed E-state index contributed by atoms with van der Waals surface area (Å²) in [5.41, 5.74) is 6.73. The quantitative estimate of drug-likeness (QED) is 0.791. The lowest BCUT2D eigenvalue weighted by atomic mass is 10.2. The molecule has 1 rings (SSSR count). The van der Waals surface area contributed by atoms with Crippen molar-refractivity contribution in [2.24, 2.45) is 5.73 Å². The van der Waals surface area contributed by atoms with E-state index in [2.05, 4.69) is 24.8 Å². The number of hydrogen-bond acceptors (Lipinski definition) is 4. The molecule has 1 aromatic rings. The molecule has 0 bridgehead atoms. The first kappa shape index (κ1) is 14.2. The lowest BCUT2D eigenvalue weighted by Crippen LogP contribution is -2.35. The van der Waals surface area contributed by atoms with Crippen molar-refractivity contribution in [2.45, 2.75) is 39.9 Å². The minimum Gasteiger partial charge on any atom is -0.465 e. The third kappa shape index (κ3) is 3.84. The van der Waals surface area contributed by atoms with E-state index >= 15 is 0 Å². The molecule has 4 heteroatoms. The molecular weight excluding hydrogens is 216 g/mol. The Morgan fingerprint density at radius 2 is 2.24 bits per heavy atom. The monoisotopic (exact) mass is 240 g/mol. The van der Waals surface area contributed by atoms with Crippen LogP contribution >= 0.6 is 0 Å². The average molecular weight is 240 g/mol. The fraction of sp³-hybridized carbons (Fsp3) is 0.692. The molecule has 0 aliphatic carbocycles. The number of nitrogens with zero attached hydrogens (tertiary/aromatic N) is 1. The summed E-state index contributed by atoms with van der Waals surface area (Å²) < 4.78 is 10.9. The van der Waals surface area contributed by atoms with Gasteiger partial charge in [0, 0.05) is 25.3 Å². The second-order valence-corrected chi connectivity index (χ2v) is 4.37. The summed E-state index contributed by atoms with van der Waals surface area (Å²) in [7, 11) is 1.73. The van der Waals surface area contributed by atoms with E-state index in [0.29, 0.717) is 12.6 Å². The minimum absolute atomic E-state index is 0.386. The lowest BCUT2D eigenvalue weighted by molar-refractivity contribution is 0.0934. The molecule has 0 aliphatic heterocycles. The van der Waals surface area contributed by atoms with Crippen LogP contribution in [0.4, 0.5) is 0 Å². The Kier molecular flexibility index (Phi) is 5.68. The zero-order valence-electron chi connectivity index (χ0n) is 11.3. The molecular formula is C13H24N2O2. The summed E-state index contributed by atoms with van der Waals surface area (Å²) in [6, 6.07) is 2.44. The van der Waals surface area contributed by atoms with Gasteiger partial charge in [-0.1, -0.05) is 6.92 Å². The van der Waals surface area contributed by atoms with Crippen molar-refractivity contribution >= 4 is 0 Å². The first-order valence-corrected chi connectivity index (χ1v) is 6.13. The second-order valence-electron chi connectivity index (χ2n) is 4.37. The van der Waals surface area contributed by atoms with Crippen LogP contribution in [0.5, 0.6) is 0 Å². The van der Waals surface area contributed by atoms with E-state index in [1.165, 1.54) is 0 Å². The Morgan fingerprint density at radius 1 is 1.53 bits per heavy atom. The Hall–Kier alpha value is -0.840. The molecule has 0 amide bonds. The molecule has 1 aromatic heterocycles. The van der Waals surface area contributed by atoms with Crippen LogP contribution in [0.15, 0.2) is 10.5 Å². The van der Waals surface area contributed by atoms with Gasteiger partial charge in [-0.2, -0.15) is 0 Å². The van der Waals surface area contributed by atoms with Gasteiger partial charge in [-0.25, -0.2) is 0 Å². The highest BCUT2D eigenvalue weighted by molar-refractivity contribution is 5.20. The number of ether oxygens (including phenoxy) is 1. The van der Waals surface area contributed by atoms with Crippen LogP contribution < -0.4 is 5.73 Å². The van der Waals surface area contributed by atoms with Crippen LogP contribution in [0.1, 0.15) is 30.9 Å². The molecule has 1 atom stereocenters. The molecule has 0 saturated heterocycles. The summed E-state index contributed by atoms with van der Waals surface area (Å²) in [5.74, 6) is 1.91. The van der Waals surface area contributed by atoms with E-state index in [0.717, 1.165) is 36.8 Å². The molecule has 0 fully saturated rings. The molecule has 17 heavy (non-hydrogen) atoms. The topological polar surface area (TPSA) is 51.6 Å². The fourth-order valence-corrected chi connectivity index (χ4v) is 1.99. The third-order valence-electron chi connectivity index (χ3n) is 3.09. The fourth-order valence-electron chi connectivity index (χ4n) is 1.99. The molecule has 4 nitrogen and oxygen atoms in total. The maximum Gasteiger partial charge on any atom is 0.118 e. The van der Waals surface area contributed by atoms with E-state index in [4.69, 9.17) is 14.9 Å². The summed E-state index contributed by atoms with van der Waals surface area (Å²) in [4.78, 5) is 2.32.